The van der Waals surface area contributed by atoms with Gasteiger partial charge in [-0.3, -0.25) is 0 Å². The van der Waals surface area contributed by atoms with Crippen molar-refractivity contribution >= 4 is 11.8 Å². The number of hydrogen-bond donors (Lipinski definition) is 1. The number of hydrogen-bond acceptors (Lipinski definition) is 3. The van der Waals surface area contributed by atoms with Gasteiger partial charge in [0.2, 0.25) is 0 Å². The molecule has 0 radical (unpaired) electrons. The van der Waals surface area contributed by atoms with E-state index in [9.17, 15) is 4.39 Å². The van der Waals surface area contributed by atoms with Crippen LogP contribution in [0.2, 0.25) is 0 Å². The van der Waals surface area contributed by atoms with Crippen molar-refractivity contribution in [2.45, 2.75) is 12.2 Å². The molecule has 0 aliphatic rings. The van der Waals surface area contributed by atoms with E-state index in [4.69, 9.17) is 10.5 Å². The molecule has 0 fully saturated rings. The third-order valence-corrected chi connectivity index (χ3v) is 3.08. The zero-order valence-corrected chi connectivity index (χ0v) is 9.60. The van der Waals surface area contributed by atoms with Crippen molar-refractivity contribution < 1.29 is 9.13 Å². The van der Waals surface area contributed by atoms with E-state index in [0.29, 0.717) is 24.2 Å². The zero-order chi connectivity index (χ0) is 11.1. The van der Waals surface area contributed by atoms with Crippen LogP contribution >= 0.6 is 11.8 Å². The normalized spacial score (nSPS) is 12.5. The molecule has 0 aromatic heterocycles. The van der Waals surface area contributed by atoms with E-state index in [1.807, 2.05) is 0 Å². The van der Waals surface area contributed by atoms with Crippen molar-refractivity contribution in [3.63, 3.8) is 0 Å². The van der Waals surface area contributed by atoms with Crippen LogP contribution in [0.1, 0.15) is 6.92 Å². The Hall–Kier alpha value is -0.740. The molecule has 1 unspecified atom stereocenters. The Balaban J connectivity index is 2.23. The molecular weight excluding hydrogens is 213 g/mol. The maximum absolute atomic E-state index is 13.1. The molecule has 1 aromatic rings. The number of halogens is 1. The molecule has 2 nitrogen and oxygen atoms in total. The second kappa shape index (κ2) is 6.69. The van der Waals surface area contributed by atoms with Crippen LogP contribution in [0.3, 0.4) is 0 Å². The summed E-state index contributed by atoms with van der Waals surface area (Å²) in [6.07, 6.45) is 0. The van der Waals surface area contributed by atoms with Gasteiger partial charge in [0.15, 0.2) is 11.6 Å². The van der Waals surface area contributed by atoms with E-state index in [2.05, 4.69) is 6.92 Å². The first kappa shape index (κ1) is 12.3. The number of ether oxygens (including phenoxy) is 1. The van der Waals surface area contributed by atoms with Crippen LogP contribution in [-0.4, -0.2) is 24.2 Å². The highest BCUT2D eigenvalue weighted by Crippen LogP contribution is 2.16. The summed E-state index contributed by atoms with van der Waals surface area (Å²) in [5.41, 5.74) is 5.47. The van der Waals surface area contributed by atoms with E-state index in [0.717, 1.165) is 5.75 Å². The fraction of sp³-hybridized carbons (Fsp3) is 0.455. The smallest absolute Gasteiger partial charge is 0.165 e. The first-order valence-corrected chi connectivity index (χ1v) is 5.98. The highest BCUT2D eigenvalue weighted by Gasteiger charge is 2.02. The summed E-state index contributed by atoms with van der Waals surface area (Å²) < 4.78 is 18.4. The van der Waals surface area contributed by atoms with Crippen LogP contribution < -0.4 is 10.5 Å². The number of benzene rings is 1. The fourth-order valence-corrected chi connectivity index (χ4v) is 1.75. The van der Waals surface area contributed by atoms with Gasteiger partial charge in [0.1, 0.15) is 0 Å². The first-order chi connectivity index (χ1) is 7.24. The van der Waals surface area contributed by atoms with Gasteiger partial charge in [0.25, 0.3) is 0 Å². The average Bonchev–Trinajstić information content (AvgIpc) is 2.26. The largest absolute Gasteiger partial charge is 0.490 e. The lowest BCUT2D eigenvalue weighted by atomic mass is 10.3. The summed E-state index contributed by atoms with van der Waals surface area (Å²) in [6.45, 7) is 3.23. The number of nitrogens with two attached hydrogens (primary N) is 1. The molecule has 1 atom stereocenters. The molecule has 0 spiro atoms. The van der Waals surface area contributed by atoms with Crippen molar-refractivity contribution in [1.29, 1.82) is 0 Å². The molecular formula is C11H16FNOS. The van der Waals surface area contributed by atoms with E-state index in [-0.39, 0.29) is 5.82 Å². The maximum Gasteiger partial charge on any atom is 0.165 e. The summed E-state index contributed by atoms with van der Waals surface area (Å²) in [5.74, 6) is 0.833. The molecule has 0 saturated carbocycles. The van der Waals surface area contributed by atoms with E-state index < -0.39 is 0 Å². The van der Waals surface area contributed by atoms with Crippen molar-refractivity contribution in [3.8, 4) is 5.75 Å². The van der Waals surface area contributed by atoms with Gasteiger partial charge in [0.05, 0.1) is 6.61 Å². The molecule has 2 N–H and O–H groups in total. The molecule has 0 amide bonds. The molecule has 1 aromatic carbocycles. The second-order valence-corrected chi connectivity index (χ2v) is 4.74. The topological polar surface area (TPSA) is 35.2 Å². The Morgan fingerprint density at radius 2 is 2.20 bits per heavy atom. The van der Waals surface area contributed by atoms with Gasteiger partial charge in [-0.2, -0.15) is 11.8 Å². The van der Waals surface area contributed by atoms with Gasteiger partial charge in [-0.25, -0.2) is 4.39 Å². The number of rotatable bonds is 6. The monoisotopic (exact) mass is 229 g/mol. The van der Waals surface area contributed by atoms with Crippen molar-refractivity contribution in [2.24, 2.45) is 5.73 Å². The lowest BCUT2D eigenvalue weighted by Crippen LogP contribution is -2.14. The van der Waals surface area contributed by atoms with Crippen LogP contribution in [0.25, 0.3) is 0 Å². The van der Waals surface area contributed by atoms with Crippen LogP contribution in [0.5, 0.6) is 5.75 Å². The molecule has 0 aliphatic carbocycles. The van der Waals surface area contributed by atoms with Crippen LogP contribution in [0.4, 0.5) is 4.39 Å². The SMILES string of the molecule is CC(CN)SCCOc1ccccc1F. The van der Waals surface area contributed by atoms with Crippen LogP contribution in [0, 0.1) is 5.82 Å². The van der Waals surface area contributed by atoms with Crippen LogP contribution in [-0.2, 0) is 0 Å². The molecule has 0 bridgehead atoms. The van der Waals surface area contributed by atoms with Gasteiger partial charge in [-0.1, -0.05) is 19.1 Å². The minimum Gasteiger partial charge on any atom is -0.490 e. The highest BCUT2D eigenvalue weighted by atomic mass is 32.2. The summed E-state index contributed by atoms with van der Waals surface area (Å²) >= 11 is 1.73. The second-order valence-electron chi connectivity index (χ2n) is 3.20. The Bertz CT molecular complexity index is 296. The molecule has 15 heavy (non-hydrogen) atoms. The zero-order valence-electron chi connectivity index (χ0n) is 8.78. The Labute approximate surface area is 94.0 Å². The lowest BCUT2D eigenvalue weighted by Gasteiger charge is -2.09. The minimum atomic E-state index is -0.311. The van der Waals surface area contributed by atoms with Crippen molar-refractivity contribution in [3.05, 3.63) is 30.1 Å². The Morgan fingerprint density at radius 3 is 2.87 bits per heavy atom. The molecule has 1 rings (SSSR count). The van der Waals surface area contributed by atoms with Crippen LogP contribution in [0.15, 0.2) is 24.3 Å². The highest BCUT2D eigenvalue weighted by molar-refractivity contribution is 7.99. The molecule has 0 heterocycles. The third kappa shape index (κ3) is 4.53. The fourth-order valence-electron chi connectivity index (χ4n) is 1.03. The van der Waals surface area contributed by atoms with Crippen molar-refractivity contribution in [2.75, 3.05) is 18.9 Å². The van der Waals surface area contributed by atoms with Gasteiger partial charge in [-0.15, -0.1) is 0 Å². The first-order valence-electron chi connectivity index (χ1n) is 4.93. The van der Waals surface area contributed by atoms with E-state index >= 15 is 0 Å². The third-order valence-electron chi connectivity index (χ3n) is 1.91. The number of para-hydroxylation sites is 1. The average molecular weight is 229 g/mol. The van der Waals surface area contributed by atoms with Gasteiger partial charge in [0, 0.05) is 17.5 Å². The summed E-state index contributed by atoms with van der Waals surface area (Å²) in [5, 5.41) is 0.425. The summed E-state index contributed by atoms with van der Waals surface area (Å²) in [7, 11) is 0. The quantitative estimate of drug-likeness (QED) is 0.760. The maximum atomic E-state index is 13.1. The van der Waals surface area contributed by atoms with Gasteiger partial charge >= 0.3 is 0 Å². The molecule has 0 saturated heterocycles. The Kier molecular flexibility index (Phi) is 5.50. The summed E-state index contributed by atoms with van der Waals surface area (Å²) in [6, 6.07) is 6.43. The summed E-state index contributed by atoms with van der Waals surface area (Å²) in [4.78, 5) is 0. The number of thioether (sulfide) groups is 1. The minimum absolute atomic E-state index is 0.311. The molecule has 0 aliphatic heterocycles. The van der Waals surface area contributed by atoms with E-state index in [1.165, 1.54) is 6.07 Å². The molecule has 84 valence electrons. The van der Waals surface area contributed by atoms with E-state index in [1.54, 1.807) is 30.0 Å². The Morgan fingerprint density at radius 1 is 1.47 bits per heavy atom. The van der Waals surface area contributed by atoms with Crippen molar-refractivity contribution in [1.82, 2.24) is 0 Å². The molecule has 4 heteroatoms. The standard InChI is InChI=1S/C11H16FNOS/c1-9(8-13)15-7-6-14-11-5-3-2-4-10(11)12/h2-5,9H,6-8,13H2,1H3. The lowest BCUT2D eigenvalue weighted by molar-refractivity contribution is 0.325. The predicted molar refractivity (Wildman–Crippen MR) is 62.9 cm³/mol. The van der Waals surface area contributed by atoms with Gasteiger partial charge < -0.3 is 10.5 Å². The predicted octanol–water partition coefficient (Wildman–Crippen LogP) is 2.28. The van der Waals surface area contributed by atoms with Gasteiger partial charge in [-0.05, 0) is 12.1 Å².